The van der Waals surface area contributed by atoms with Gasteiger partial charge in [0.25, 0.3) is 11.8 Å². The molecule has 9 heteroatoms. The van der Waals surface area contributed by atoms with Crippen molar-refractivity contribution in [3.63, 3.8) is 0 Å². The molecule has 0 fully saturated rings. The lowest BCUT2D eigenvalue weighted by Crippen LogP contribution is -2.12. The lowest BCUT2D eigenvalue weighted by Gasteiger charge is -2.11. The molecule has 3 aromatic rings. The molecular weight excluding hydrogens is 400 g/mol. The van der Waals surface area contributed by atoms with E-state index >= 15 is 0 Å². The number of nitrogens with one attached hydrogen (secondary N) is 2. The first kappa shape index (κ1) is 19.8. The average Bonchev–Trinajstić information content (AvgIpc) is 3.29. The van der Waals surface area contributed by atoms with Gasteiger partial charge in [0.1, 0.15) is 0 Å². The molecule has 0 saturated heterocycles. The molecule has 2 aromatic heterocycles. The fourth-order valence-corrected chi connectivity index (χ4v) is 4.22. The van der Waals surface area contributed by atoms with Crippen LogP contribution in [0, 0.1) is 6.92 Å². The normalized spacial score (nSPS) is 11.2. The number of rotatable bonds is 6. The zero-order valence-corrected chi connectivity index (χ0v) is 16.8. The van der Waals surface area contributed by atoms with E-state index in [2.05, 4.69) is 10.6 Å². The maximum Gasteiger partial charge on any atom is 0.291 e. The zero-order valence-electron chi connectivity index (χ0n) is 15.2. The van der Waals surface area contributed by atoms with Crippen LogP contribution in [-0.4, -0.2) is 26.5 Å². The molecule has 0 spiro atoms. The Bertz CT molecular complexity index is 1120. The van der Waals surface area contributed by atoms with Gasteiger partial charge in [0.2, 0.25) is 0 Å². The van der Waals surface area contributed by atoms with Crippen molar-refractivity contribution >= 4 is 43.7 Å². The number of amides is 2. The Morgan fingerprint density at radius 1 is 1.04 bits per heavy atom. The molecule has 146 valence electrons. The van der Waals surface area contributed by atoms with E-state index in [4.69, 9.17) is 4.42 Å². The van der Waals surface area contributed by atoms with Gasteiger partial charge in [0.05, 0.1) is 21.9 Å². The van der Waals surface area contributed by atoms with Crippen LogP contribution in [0.2, 0.25) is 0 Å². The second-order valence-corrected chi connectivity index (χ2v) is 9.43. The van der Waals surface area contributed by atoms with Gasteiger partial charge < -0.3 is 15.1 Å². The summed E-state index contributed by atoms with van der Waals surface area (Å²) in [6.45, 7) is 1.76. The van der Waals surface area contributed by atoms with Gasteiger partial charge in [0, 0.05) is 11.9 Å². The maximum absolute atomic E-state index is 12.5. The Hall–Kier alpha value is -2.91. The summed E-state index contributed by atoms with van der Waals surface area (Å²) in [6, 6.07) is 11.5. The van der Waals surface area contributed by atoms with E-state index < -0.39 is 15.7 Å². The van der Waals surface area contributed by atoms with E-state index in [1.165, 1.54) is 12.5 Å². The topological polar surface area (TPSA) is 105 Å². The summed E-state index contributed by atoms with van der Waals surface area (Å²) >= 11 is 1.12. The molecule has 1 aromatic carbocycles. The zero-order chi connectivity index (χ0) is 20.3. The van der Waals surface area contributed by atoms with Crippen LogP contribution in [0.3, 0.4) is 0 Å². The number of hydrogen-bond donors (Lipinski definition) is 2. The van der Waals surface area contributed by atoms with Gasteiger partial charge in [0.15, 0.2) is 15.6 Å². The summed E-state index contributed by atoms with van der Waals surface area (Å²) in [5.74, 6) is -0.659. The number of furan rings is 1. The van der Waals surface area contributed by atoms with Crippen LogP contribution >= 0.6 is 11.3 Å². The number of anilines is 2. The van der Waals surface area contributed by atoms with Crippen molar-refractivity contribution in [1.82, 2.24) is 0 Å². The third kappa shape index (κ3) is 4.87. The fourth-order valence-electron chi connectivity index (χ4n) is 2.55. The average molecular weight is 418 g/mol. The number of benzene rings is 1. The van der Waals surface area contributed by atoms with Crippen molar-refractivity contribution in [1.29, 1.82) is 0 Å². The van der Waals surface area contributed by atoms with Gasteiger partial charge in [-0.25, -0.2) is 8.42 Å². The van der Waals surface area contributed by atoms with E-state index in [0.717, 1.165) is 11.3 Å². The van der Waals surface area contributed by atoms with Gasteiger partial charge in [-0.1, -0.05) is 12.1 Å². The van der Waals surface area contributed by atoms with Crippen LogP contribution in [0.5, 0.6) is 0 Å². The summed E-state index contributed by atoms with van der Waals surface area (Å²) in [5, 5.41) is 5.97. The molecule has 3 rings (SSSR count). The molecule has 2 heterocycles. The Kier molecular flexibility index (Phi) is 5.66. The molecule has 0 saturated carbocycles. The highest BCUT2D eigenvalue weighted by Gasteiger charge is 2.15. The fraction of sp³-hybridized carbons (Fsp3) is 0.158. The van der Waals surface area contributed by atoms with Crippen LogP contribution < -0.4 is 10.6 Å². The highest BCUT2D eigenvalue weighted by Crippen LogP contribution is 2.26. The van der Waals surface area contributed by atoms with Crippen molar-refractivity contribution in [3.8, 4) is 0 Å². The Morgan fingerprint density at radius 2 is 1.82 bits per heavy atom. The Labute approximate surface area is 166 Å². The van der Waals surface area contributed by atoms with Gasteiger partial charge in [-0.05, 0) is 48.4 Å². The van der Waals surface area contributed by atoms with Gasteiger partial charge >= 0.3 is 0 Å². The summed E-state index contributed by atoms with van der Waals surface area (Å²) in [4.78, 5) is 24.9. The van der Waals surface area contributed by atoms with Crippen molar-refractivity contribution < 1.29 is 22.4 Å². The summed E-state index contributed by atoms with van der Waals surface area (Å²) in [6.07, 6.45) is 2.57. The van der Waals surface area contributed by atoms with E-state index in [1.54, 1.807) is 49.4 Å². The molecule has 0 aliphatic carbocycles. The van der Waals surface area contributed by atoms with Crippen LogP contribution in [0.1, 0.15) is 31.4 Å². The predicted molar refractivity (Wildman–Crippen MR) is 109 cm³/mol. The van der Waals surface area contributed by atoms with Crippen molar-refractivity contribution in [2.75, 3.05) is 16.9 Å². The monoisotopic (exact) mass is 418 g/mol. The lowest BCUT2D eigenvalue weighted by molar-refractivity contribution is 0.0995. The van der Waals surface area contributed by atoms with E-state index in [-0.39, 0.29) is 17.4 Å². The first-order chi connectivity index (χ1) is 13.2. The van der Waals surface area contributed by atoms with Crippen LogP contribution in [0.4, 0.5) is 10.7 Å². The number of carbonyl (C=O) groups is 2. The Balaban J connectivity index is 1.71. The highest BCUT2D eigenvalue weighted by molar-refractivity contribution is 7.89. The number of sulfone groups is 1. The van der Waals surface area contributed by atoms with Gasteiger partial charge in [-0.3, -0.25) is 9.59 Å². The largest absolute Gasteiger partial charge is 0.459 e. The maximum atomic E-state index is 12.5. The minimum Gasteiger partial charge on any atom is -0.459 e. The van der Waals surface area contributed by atoms with Gasteiger partial charge in [-0.15, -0.1) is 11.3 Å². The molecule has 0 bridgehead atoms. The first-order valence-corrected chi connectivity index (χ1v) is 11.1. The van der Waals surface area contributed by atoms with Crippen LogP contribution in [-0.2, 0) is 15.6 Å². The highest BCUT2D eigenvalue weighted by atomic mass is 32.2. The number of hydrogen-bond acceptors (Lipinski definition) is 6. The molecule has 2 amide bonds. The molecular formula is C19H18N2O5S2. The van der Waals surface area contributed by atoms with Crippen molar-refractivity contribution in [2.45, 2.75) is 12.7 Å². The molecule has 2 N–H and O–H groups in total. The summed E-state index contributed by atoms with van der Waals surface area (Å²) in [7, 11) is -3.18. The lowest BCUT2D eigenvalue weighted by atomic mass is 10.1. The molecule has 28 heavy (non-hydrogen) atoms. The summed E-state index contributed by atoms with van der Waals surface area (Å²) in [5.41, 5.74) is 1.88. The smallest absolute Gasteiger partial charge is 0.291 e. The molecule has 0 aliphatic heterocycles. The predicted octanol–water partition coefficient (Wildman–Crippen LogP) is 3.70. The third-order valence-electron chi connectivity index (χ3n) is 3.92. The second kappa shape index (κ2) is 7.99. The SMILES string of the molecule is Cc1c(CS(C)(=O)=O)cccc1NC(=O)c1ccc(NC(=O)c2ccco2)s1. The summed E-state index contributed by atoms with van der Waals surface area (Å²) < 4.78 is 28.1. The second-order valence-electron chi connectivity index (χ2n) is 6.21. The van der Waals surface area contributed by atoms with E-state index in [1.807, 2.05) is 0 Å². The molecule has 7 nitrogen and oxygen atoms in total. The molecule has 0 unspecified atom stereocenters. The standard InChI is InChI=1S/C19H18N2O5S2/c1-12-13(11-28(2,24)25)5-3-6-14(12)20-19(23)16-8-9-17(27-16)21-18(22)15-7-4-10-26-15/h3-10H,11H2,1-2H3,(H,20,23)(H,21,22). The molecule has 0 radical (unpaired) electrons. The number of thiophene rings is 1. The van der Waals surface area contributed by atoms with Gasteiger partial charge in [-0.2, -0.15) is 0 Å². The molecule has 0 atom stereocenters. The quantitative estimate of drug-likeness (QED) is 0.635. The molecule has 0 aliphatic rings. The minimum atomic E-state index is -3.18. The third-order valence-corrected chi connectivity index (χ3v) is 5.76. The Morgan fingerprint density at radius 3 is 2.50 bits per heavy atom. The van der Waals surface area contributed by atoms with E-state index in [0.29, 0.717) is 26.7 Å². The number of carbonyl (C=O) groups excluding carboxylic acids is 2. The van der Waals surface area contributed by atoms with Crippen LogP contribution in [0.25, 0.3) is 0 Å². The first-order valence-electron chi connectivity index (χ1n) is 8.25. The van der Waals surface area contributed by atoms with E-state index in [9.17, 15) is 18.0 Å². The van der Waals surface area contributed by atoms with Crippen molar-refractivity contribution in [3.05, 3.63) is 70.5 Å². The minimum absolute atomic E-state index is 0.0928. The van der Waals surface area contributed by atoms with Crippen LogP contribution in [0.15, 0.2) is 53.1 Å². The van der Waals surface area contributed by atoms with Crippen molar-refractivity contribution in [2.24, 2.45) is 0 Å².